The van der Waals surface area contributed by atoms with Crippen LogP contribution in [0, 0.1) is 5.41 Å². The standard InChI is InChI=1S/C22H33N3O2/c1-3-24-16-20(19-7-5-4-6-8-19)15-22(17-24)10-13-25(14-11-22)21(27)9-12-23-18(2)26/h4-8,20H,3,9-17H2,1-2H3,(H,23,26)/t20-/m1/s1. The van der Waals surface area contributed by atoms with Crippen LogP contribution < -0.4 is 5.32 Å². The Morgan fingerprint density at radius 1 is 1.19 bits per heavy atom. The maximum absolute atomic E-state index is 12.4. The number of rotatable bonds is 5. The maximum Gasteiger partial charge on any atom is 0.224 e. The minimum absolute atomic E-state index is 0.0748. The number of hydrogen-bond donors (Lipinski definition) is 1. The molecule has 1 spiro atoms. The molecular weight excluding hydrogens is 338 g/mol. The molecular formula is C22H33N3O2. The van der Waals surface area contributed by atoms with Crippen LogP contribution in [0.4, 0.5) is 0 Å². The predicted molar refractivity (Wildman–Crippen MR) is 107 cm³/mol. The van der Waals surface area contributed by atoms with Crippen molar-refractivity contribution in [3.8, 4) is 0 Å². The lowest BCUT2D eigenvalue weighted by Crippen LogP contribution is -2.52. The molecule has 0 radical (unpaired) electrons. The molecule has 0 saturated carbocycles. The smallest absolute Gasteiger partial charge is 0.224 e. The Hall–Kier alpha value is -1.88. The number of nitrogens with one attached hydrogen (secondary N) is 1. The monoisotopic (exact) mass is 371 g/mol. The number of piperidine rings is 2. The zero-order valence-corrected chi connectivity index (χ0v) is 16.7. The largest absolute Gasteiger partial charge is 0.356 e. The number of carbonyl (C=O) groups is 2. The topological polar surface area (TPSA) is 52.6 Å². The van der Waals surface area contributed by atoms with Gasteiger partial charge in [-0.15, -0.1) is 0 Å². The van der Waals surface area contributed by atoms with Crippen molar-refractivity contribution in [2.24, 2.45) is 5.41 Å². The van der Waals surface area contributed by atoms with Crippen LogP contribution in [0.1, 0.15) is 51.0 Å². The van der Waals surface area contributed by atoms with Crippen molar-refractivity contribution in [1.82, 2.24) is 15.1 Å². The van der Waals surface area contributed by atoms with Gasteiger partial charge in [0.15, 0.2) is 0 Å². The van der Waals surface area contributed by atoms with Gasteiger partial charge < -0.3 is 15.1 Å². The van der Waals surface area contributed by atoms with Gasteiger partial charge in [-0.3, -0.25) is 9.59 Å². The van der Waals surface area contributed by atoms with Crippen molar-refractivity contribution < 1.29 is 9.59 Å². The van der Waals surface area contributed by atoms with Crippen molar-refractivity contribution in [3.05, 3.63) is 35.9 Å². The zero-order chi connectivity index (χ0) is 19.3. The number of likely N-dealkylation sites (N-methyl/N-ethyl adjacent to an activating group) is 1. The van der Waals surface area contributed by atoms with Gasteiger partial charge >= 0.3 is 0 Å². The van der Waals surface area contributed by atoms with E-state index in [1.807, 2.05) is 4.90 Å². The molecule has 148 valence electrons. The maximum atomic E-state index is 12.4. The van der Waals surface area contributed by atoms with Crippen LogP contribution in [-0.2, 0) is 9.59 Å². The first kappa shape index (κ1) is 19.9. The first-order valence-corrected chi connectivity index (χ1v) is 10.3. The highest BCUT2D eigenvalue weighted by Gasteiger charge is 2.42. The van der Waals surface area contributed by atoms with Crippen LogP contribution in [0.15, 0.2) is 30.3 Å². The van der Waals surface area contributed by atoms with Gasteiger partial charge in [-0.25, -0.2) is 0 Å². The molecule has 1 atom stereocenters. The van der Waals surface area contributed by atoms with E-state index in [-0.39, 0.29) is 11.8 Å². The third kappa shape index (κ3) is 5.10. The molecule has 2 aliphatic rings. The molecule has 1 aromatic rings. The van der Waals surface area contributed by atoms with Gasteiger partial charge in [0.2, 0.25) is 11.8 Å². The van der Waals surface area contributed by atoms with Crippen LogP contribution in [0.2, 0.25) is 0 Å². The van der Waals surface area contributed by atoms with Gasteiger partial charge in [-0.05, 0) is 42.7 Å². The van der Waals surface area contributed by atoms with Gasteiger partial charge in [-0.2, -0.15) is 0 Å². The van der Waals surface area contributed by atoms with E-state index in [1.165, 1.54) is 18.9 Å². The van der Waals surface area contributed by atoms with Gasteiger partial charge in [0.1, 0.15) is 0 Å². The van der Waals surface area contributed by atoms with Crippen LogP contribution in [0.5, 0.6) is 0 Å². The van der Waals surface area contributed by atoms with E-state index in [4.69, 9.17) is 0 Å². The summed E-state index contributed by atoms with van der Waals surface area (Å²) in [7, 11) is 0. The fourth-order valence-corrected chi connectivity index (χ4v) is 4.79. The number of carbonyl (C=O) groups excluding carboxylic acids is 2. The van der Waals surface area contributed by atoms with E-state index in [2.05, 4.69) is 47.5 Å². The summed E-state index contributed by atoms with van der Waals surface area (Å²) in [6, 6.07) is 10.9. The van der Waals surface area contributed by atoms with Crippen LogP contribution in [-0.4, -0.2) is 60.9 Å². The van der Waals surface area contributed by atoms with E-state index in [0.29, 0.717) is 24.3 Å². The molecule has 0 aliphatic carbocycles. The molecule has 1 aromatic carbocycles. The second-order valence-corrected chi connectivity index (χ2v) is 8.25. The zero-order valence-electron chi connectivity index (χ0n) is 16.7. The van der Waals surface area contributed by atoms with Crippen LogP contribution in [0.25, 0.3) is 0 Å². The SMILES string of the molecule is CCN1C[C@H](c2ccccc2)CC2(CCN(C(=O)CCNC(C)=O)CC2)C1. The van der Waals surface area contributed by atoms with Gasteiger partial charge in [-0.1, -0.05) is 37.3 Å². The third-order valence-corrected chi connectivity index (χ3v) is 6.32. The molecule has 5 nitrogen and oxygen atoms in total. The average molecular weight is 372 g/mol. The Balaban J connectivity index is 1.59. The second kappa shape index (κ2) is 8.87. The predicted octanol–water partition coefficient (Wildman–Crippen LogP) is 2.63. The van der Waals surface area contributed by atoms with E-state index < -0.39 is 0 Å². The number of amides is 2. The molecule has 2 amide bonds. The molecule has 5 heteroatoms. The molecule has 2 aliphatic heterocycles. The van der Waals surface area contributed by atoms with Crippen molar-refractivity contribution in [1.29, 1.82) is 0 Å². The Kier molecular flexibility index (Phi) is 6.53. The Bertz CT molecular complexity index is 638. The summed E-state index contributed by atoms with van der Waals surface area (Å²) in [4.78, 5) is 28.0. The summed E-state index contributed by atoms with van der Waals surface area (Å²) in [6.45, 7) is 9.25. The number of benzene rings is 1. The summed E-state index contributed by atoms with van der Waals surface area (Å²) >= 11 is 0. The second-order valence-electron chi connectivity index (χ2n) is 8.25. The third-order valence-electron chi connectivity index (χ3n) is 6.32. The Morgan fingerprint density at radius 2 is 1.89 bits per heavy atom. The minimum Gasteiger partial charge on any atom is -0.356 e. The number of likely N-dealkylation sites (tertiary alicyclic amines) is 2. The summed E-state index contributed by atoms with van der Waals surface area (Å²) in [5.41, 5.74) is 1.77. The number of hydrogen-bond acceptors (Lipinski definition) is 3. The quantitative estimate of drug-likeness (QED) is 0.866. The summed E-state index contributed by atoms with van der Waals surface area (Å²) in [5.74, 6) is 0.678. The molecule has 27 heavy (non-hydrogen) atoms. The highest BCUT2D eigenvalue weighted by Crippen LogP contribution is 2.45. The van der Waals surface area contributed by atoms with Gasteiger partial charge in [0.25, 0.3) is 0 Å². The lowest BCUT2D eigenvalue weighted by atomic mass is 9.68. The fourth-order valence-electron chi connectivity index (χ4n) is 4.79. The van der Waals surface area contributed by atoms with Crippen LogP contribution >= 0.6 is 0 Å². The van der Waals surface area contributed by atoms with Crippen molar-refractivity contribution in [3.63, 3.8) is 0 Å². The Labute approximate surface area is 163 Å². The first-order chi connectivity index (χ1) is 13.0. The van der Waals surface area contributed by atoms with Crippen LogP contribution in [0.3, 0.4) is 0 Å². The first-order valence-electron chi connectivity index (χ1n) is 10.3. The molecule has 1 N–H and O–H groups in total. The highest BCUT2D eigenvalue weighted by molar-refractivity contribution is 5.78. The van der Waals surface area contributed by atoms with Gasteiger partial charge in [0, 0.05) is 46.1 Å². The summed E-state index contributed by atoms with van der Waals surface area (Å²) < 4.78 is 0. The molecule has 0 bridgehead atoms. The van der Waals surface area contributed by atoms with Crippen molar-refractivity contribution >= 4 is 11.8 Å². The van der Waals surface area contributed by atoms with E-state index in [9.17, 15) is 9.59 Å². The fraction of sp³-hybridized carbons (Fsp3) is 0.636. The molecule has 2 heterocycles. The molecule has 3 rings (SSSR count). The highest BCUT2D eigenvalue weighted by atomic mass is 16.2. The summed E-state index contributed by atoms with van der Waals surface area (Å²) in [6.07, 6.45) is 3.79. The minimum atomic E-state index is -0.0748. The number of nitrogens with zero attached hydrogens (tertiary/aromatic N) is 2. The lowest BCUT2D eigenvalue weighted by molar-refractivity contribution is -0.134. The lowest BCUT2D eigenvalue weighted by Gasteiger charge is -2.50. The van der Waals surface area contributed by atoms with Crippen molar-refractivity contribution in [2.45, 2.75) is 45.4 Å². The molecule has 2 fully saturated rings. The Morgan fingerprint density at radius 3 is 2.52 bits per heavy atom. The molecule has 0 unspecified atom stereocenters. The van der Waals surface area contributed by atoms with Crippen molar-refractivity contribution in [2.75, 3.05) is 39.3 Å². The van der Waals surface area contributed by atoms with Gasteiger partial charge in [0.05, 0.1) is 0 Å². The van der Waals surface area contributed by atoms with E-state index in [0.717, 1.165) is 45.6 Å². The normalized spacial score (nSPS) is 22.6. The van der Waals surface area contributed by atoms with E-state index in [1.54, 1.807) is 0 Å². The molecule has 0 aromatic heterocycles. The summed E-state index contributed by atoms with van der Waals surface area (Å²) in [5, 5.41) is 2.72. The molecule has 2 saturated heterocycles. The average Bonchev–Trinajstić information content (AvgIpc) is 2.68. The van der Waals surface area contributed by atoms with E-state index >= 15 is 0 Å².